The van der Waals surface area contributed by atoms with E-state index in [-0.39, 0.29) is 42.4 Å². The van der Waals surface area contributed by atoms with Gasteiger partial charge in [-0.15, -0.1) is 11.8 Å². The molecule has 3 heterocycles. The smallest absolute Gasteiger partial charge is 0.329 e. The molecular formula is C44H68N4O7S. The van der Waals surface area contributed by atoms with Gasteiger partial charge in [-0.1, -0.05) is 91.6 Å². The summed E-state index contributed by atoms with van der Waals surface area (Å²) in [6, 6.07) is 5.08. The maximum absolute atomic E-state index is 14.3. The zero-order chi connectivity index (χ0) is 41.5. The van der Waals surface area contributed by atoms with Crippen LogP contribution in [0.25, 0.3) is 0 Å². The highest BCUT2D eigenvalue weighted by atomic mass is 32.2. The molecule has 0 saturated carbocycles. The molecule has 1 aromatic carbocycles. The number of esters is 1. The molecule has 56 heavy (non-hydrogen) atoms. The van der Waals surface area contributed by atoms with Crippen molar-refractivity contribution in [1.29, 1.82) is 0 Å². The highest BCUT2D eigenvalue weighted by Crippen LogP contribution is 2.39. The summed E-state index contributed by atoms with van der Waals surface area (Å²) in [6.45, 7) is 19.9. The molecule has 3 aliphatic rings. The van der Waals surface area contributed by atoms with Crippen molar-refractivity contribution in [2.45, 2.75) is 163 Å². The normalized spacial score (nSPS) is 31.3. The maximum atomic E-state index is 14.3. The molecule has 1 aromatic rings. The standard InChI is InChI=1S/C44H68N4O7S/c1-11-28(4)37-40(53)48-20-12-13-34(48)41(54)55-36(43(6,7)8)22-27(3)21-35(50)44(9,10)42-46-32(25-56-42)18-19-33(49)24-31(23-30-16-14-26(2)15-17-30)39(52)45-29(5)38(51)47-37/h14-17,27-29,31-32,34-37,50H,11-13,18-25H2,1-10H3,(H,45,52)(H,47,51)/t27-,28-,29-,31+,32+,34-,35-,36-,37-/m0/s1. The van der Waals surface area contributed by atoms with Gasteiger partial charge in [-0.3, -0.25) is 24.2 Å². The molecular weight excluding hydrogens is 729 g/mol. The van der Waals surface area contributed by atoms with Crippen LogP contribution in [0.5, 0.6) is 0 Å². The summed E-state index contributed by atoms with van der Waals surface area (Å²) >= 11 is 1.62. The minimum absolute atomic E-state index is 0.00803. The fraction of sp³-hybridized carbons (Fsp3) is 0.727. The number of ether oxygens (including phenoxy) is 1. The van der Waals surface area contributed by atoms with Crippen LogP contribution in [-0.4, -0.2) is 93.2 Å². The number of Topliss-reactive ketones (excluding diaryl/α,β-unsaturated/α-hetero) is 1. The van der Waals surface area contributed by atoms with Crippen LogP contribution in [0.4, 0.5) is 0 Å². The van der Waals surface area contributed by atoms with Gasteiger partial charge in [-0.05, 0) is 75.2 Å². The molecule has 3 aliphatic heterocycles. The summed E-state index contributed by atoms with van der Waals surface area (Å²) in [5.74, 6) is -2.00. The van der Waals surface area contributed by atoms with Crippen LogP contribution in [0.3, 0.4) is 0 Å². The van der Waals surface area contributed by atoms with E-state index in [9.17, 15) is 29.1 Å². The van der Waals surface area contributed by atoms with Gasteiger partial charge in [0.15, 0.2) is 0 Å². The van der Waals surface area contributed by atoms with Crippen molar-refractivity contribution < 1.29 is 33.8 Å². The van der Waals surface area contributed by atoms with Crippen LogP contribution in [0, 0.1) is 35.5 Å². The molecule has 0 aliphatic carbocycles. The van der Waals surface area contributed by atoms with E-state index in [1.54, 1.807) is 23.6 Å². The van der Waals surface area contributed by atoms with Crippen molar-refractivity contribution in [1.82, 2.24) is 15.5 Å². The number of nitrogens with zero attached hydrogens (tertiary/aromatic N) is 2. The molecule has 1 saturated heterocycles. The minimum atomic E-state index is -0.984. The van der Waals surface area contributed by atoms with E-state index in [0.717, 1.165) is 16.2 Å². The number of carbonyl (C=O) groups is 5. The largest absolute Gasteiger partial charge is 0.460 e. The number of amides is 3. The van der Waals surface area contributed by atoms with Crippen LogP contribution in [0.15, 0.2) is 29.3 Å². The number of hydrogen-bond acceptors (Lipinski definition) is 9. The second kappa shape index (κ2) is 19.5. The van der Waals surface area contributed by atoms with Crippen molar-refractivity contribution in [2.24, 2.45) is 33.6 Å². The number of thioether (sulfide) groups is 1. The van der Waals surface area contributed by atoms with Crippen molar-refractivity contribution in [3.05, 3.63) is 35.4 Å². The number of ketones is 1. The molecule has 3 N–H and O–H groups in total. The minimum Gasteiger partial charge on any atom is -0.460 e. The van der Waals surface area contributed by atoms with Gasteiger partial charge in [0.05, 0.1) is 17.2 Å². The number of aliphatic hydroxyl groups excluding tert-OH is 1. The van der Waals surface area contributed by atoms with Gasteiger partial charge in [0.2, 0.25) is 17.7 Å². The van der Waals surface area contributed by atoms with Crippen molar-refractivity contribution >= 4 is 46.3 Å². The van der Waals surface area contributed by atoms with Crippen LogP contribution in [0.2, 0.25) is 0 Å². The van der Waals surface area contributed by atoms with E-state index in [4.69, 9.17) is 9.73 Å². The van der Waals surface area contributed by atoms with Crippen LogP contribution in [-0.2, 0) is 35.1 Å². The first-order valence-corrected chi connectivity index (χ1v) is 21.8. The van der Waals surface area contributed by atoms with E-state index in [1.807, 2.05) is 79.7 Å². The van der Waals surface area contributed by atoms with E-state index < -0.39 is 64.9 Å². The number of nitrogens with one attached hydrogen (secondary N) is 2. The number of aliphatic imine (C=N–C) groups is 1. The van der Waals surface area contributed by atoms with E-state index >= 15 is 0 Å². The first-order valence-electron chi connectivity index (χ1n) is 20.8. The molecule has 0 spiro atoms. The first kappa shape index (κ1) is 45.5. The van der Waals surface area contributed by atoms with E-state index in [2.05, 4.69) is 17.6 Å². The van der Waals surface area contributed by atoms with Crippen LogP contribution in [0.1, 0.15) is 125 Å². The van der Waals surface area contributed by atoms with E-state index in [1.165, 1.54) is 0 Å². The van der Waals surface area contributed by atoms with Gasteiger partial charge in [0.1, 0.15) is 30.0 Å². The predicted molar refractivity (Wildman–Crippen MR) is 222 cm³/mol. The molecule has 1 fully saturated rings. The van der Waals surface area contributed by atoms with Gasteiger partial charge in [0, 0.05) is 36.5 Å². The second-order valence-corrected chi connectivity index (χ2v) is 19.5. The van der Waals surface area contributed by atoms with Gasteiger partial charge in [-0.25, -0.2) is 4.79 Å². The summed E-state index contributed by atoms with van der Waals surface area (Å²) in [7, 11) is 0. The fourth-order valence-electron chi connectivity index (χ4n) is 7.78. The number of cyclic esters (lactones) is 1. The summed E-state index contributed by atoms with van der Waals surface area (Å²) < 4.78 is 6.27. The topological polar surface area (TPSA) is 154 Å². The Kier molecular flexibility index (Phi) is 15.8. The Hall–Kier alpha value is -3.25. The molecule has 2 bridgehead atoms. The first-order chi connectivity index (χ1) is 26.2. The van der Waals surface area contributed by atoms with Gasteiger partial charge >= 0.3 is 5.97 Å². The lowest BCUT2D eigenvalue weighted by Gasteiger charge is -2.37. The number of aryl methyl sites for hydroxylation is 1. The molecule has 11 nitrogen and oxygen atoms in total. The van der Waals surface area contributed by atoms with Crippen LogP contribution >= 0.6 is 11.8 Å². The number of fused-ring (bicyclic) bond motifs is 2. The lowest BCUT2D eigenvalue weighted by atomic mass is 9.78. The average Bonchev–Trinajstić information content (AvgIpc) is 3.83. The summed E-state index contributed by atoms with van der Waals surface area (Å²) in [4.78, 5) is 75.9. The number of rotatable bonds is 4. The lowest BCUT2D eigenvalue weighted by molar-refractivity contribution is -0.164. The molecule has 0 unspecified atom stereocenters. The molecule has 9 atom stereocenters. The Morgan fingerprint density at radius 1 is 1.02 bits per heavy atom. The summed E-state index contributed by atoms with van der Waals surface area (Å²) in [5.41, 5.74) is 0.981. The molecule has 4 rings (SSSR count). The highest BCUT2D eigenvalue weighted by Gasteiger charge is 2.43. The third kappa shape index (κ3) is 11.9. The average molecular weight is 797 g/mol. The monoisotopic (exact) mass is 796 g/mol. The summed E-state index contributed by atoms with van der Waals surface area (Å²) in [6.07, 6.45) is 2.68. The Balaban J connectivity index is 1.65. The summed E-state index contributed by atoms with van der Waals surface area (Å²) in [5, 5.41) is 18.2. The van der Waals surface area contributed by atoms with Crippen LogP contribution < -0.4 is 10.6 Å². The van der Waals surface area contributed by atoms with Crippen molar-refractivity contribution in [3.63, 3.8) is 0 Å². The molecule has 12 heteroatoms. The Morgan fingerprint density at radius 3 is 2.34 bits per heavy atom. The fourth-order valence-corrected chi connectivity index (χ4v) is 9.10. The molecule has 0 aromatic heterocycles. The quantitative estimate of drug-likeness (QED) is 0.304. The van der Waals surface area contributed by atoms with Crippen molar-refractivity contribution in [2.75, 3.05) is 12.3 Å². The van der Waals surface area contributed by atoms with E-state index in [0.29, 0.717) is 57.2 Å². The molecule has 3 amide bonds. The Labute approximate surface area is 339 Å². The Bertz CT molecular complexity index is 1590. The third-order valence-corrected chi connectivity index (χ3v) is 13.6. The lowest BCUT2D eigenvalue weighted by Crippen LogP contribution is -2.57. The number of carbonyl (C=O) groups excluding carboxylic acids is 5. The van der Waals surface area contributed by atoms with Gasteiger partial charge in [-0.2, -0.15) is 0 Å². The number of aliphatic hydroxyl groups is 1. The number of hydrogen-bond donors (Lipinski definition) is 3. The van der Waals surface area contributed by atoms with Crippen molar-refractivity contribution in [3.8, 4) is 0 Å². The zero-order valence-corrected chi connectivity index (χ0v) is 36.3. The maximum Gasteiger partial charge on any atom is 0.329 e. The predicted octanol–water partition coefficient (Wildman–Crippen LogP) is 6.21. The SMILES string of the molecule is CC[C@H](C)[C@@H]1NC(=O)[C@H](C)NC(=O)[C@H](Cc2ccc(C)cc2)CC(=O)CC[C@@H]2CSC(=N2)C(C)(C)[C@@H](O)C[C@H](C)C[C@@H](C(C)(C)C)OC(=O)[C@@H]2CCCN2C1=O. The Morgan fingerprint density at radius 2 is 1.70 bits per heavy atom. The van der Waals surface area contributed by atoms with Gasteiger partial charge < -0.3 is 25.4 Å². The number of benzene rings is 1. The molecule has 312 valence electrons. The second-order valence-electron chi connectivity index (χ2n) is 18.5. The third-order valence-electron chi connectivity index (χ3n) is 12.1. The highest BCUT2D eigenvalue weighted by molar-refractivity contribution is 8.14. The molecule has 0 radical (unpaired) electrons. The van der Waals surface area contributed by atoms with Gasteiger partial charge in [0.25, 0.3) is 0 Å². The zero-order valence-electron chi connectivity index (χ0n) is 35.5.